The number of halogens is 1. The lowest BCUT2D eigenvalue weighted by Crippen LogP contribution is -2.55. The molecule has 3 atom stereocenters. The minimum Gasteiger partial charge on any atom is -0.477 e. The number of amides is 2. The zero-order chi connectivity index (χ0) is 19.5. The lowest BCUT2D eigenvalue weighted by molar-refractivity contribution is -0.129. The monoisotopic (exact) mass is 446 g/mol. The maximum absolute atomic E-state index is 13.5. The highest BCUT2D eigenvalue weighted by Crippen LogP contribution is 2.65. The first-order chi connectivity index (χ1) is 13.4. The van der Waals surface area contributed by atoms with E-state index < -0.39 is 6.10 Å². The molecule has 0 unspecified atom stereocenters. The average Bonchev–Trinajstić information content (AvgIpc) is 2.64. The van der Waals surface area contributed by atoms with Gasteiger partial charge in [0.15, 0.2) is 6.10 Å². The van der Waals surface area contributed by atoms with Crippen molar-refractivity contribution >= 4 is 33.4 Å². The number of likely N-dealkylation sites (N-methyl/N-ethyl adjacent to an activating group) is 1. The van der Waals surface area contributed by atoms with Gasteiger partial charge in [-0.05, 0) is 67.9 Å². The molecule has 6 rings (SSSR count). The number of rotatable bonds is 3. The Balaban J connectivity index is 1.41. The quantitative estimate of drug-likeness (QED) is 0.720. The molecular formula is C22H27BrN2O3. The Hall–Kier alpha value is -1.56. The van der Waals surface area contributed by atoms with Gasteiger partial charge in [-0.3, -0.25) is 9.59 Å². The minimum absolute atomic E-state index is 0.112. The summed E-state index contributed by atoms with van der Waals surface area (Å²) in [7, 11) is 1.60. The van der Waals surface area contributed by atoms with Crippen LogP contribution in [0.25, 0.3) is 0 Å². The standard InChI is InChI=1S/C22H27BrN2O3/c1-24-20(27)18-12-25(16-4-2-3-5-17(16)28-18)19(26)11-21-7-14-6-15(8-21)10-22(23,9-14)13-21/h2-5,14-15,18H,6-13H2,1H3,(H,24,27)/t14-,15-,18-,21?,22?/m1/s1. The molecular weight excluding hydrogens is 420 g/mol. The summed E-state index contributed by atoms with van der Waals surface area (Å²) in [6.45, 7) is 0.276. The summed E-state index contributed by atoms with van der Waals surface area (Å²) in [5.41, 5.74) is 0.895. The van der Waals surface area contributed by atoms with Crippen LogP contribution in [0.15, 0.2) is 24.3 Å². The van der Waals surface area contributed by atoms with Gasteiger partial charge in [-0.15, -0.1) is 0 Å². The lowest BCUT2D eigenvalue weighted by Gasteiger charge is -2.60. The van der Waals surface area contributed by atoms with E-state index in [2.05, 4.69) is 21.2 Å². The molecule has 1 heterocycles. The molecule has 0 radical (unpaired) electrons. The fraction of sp³-hybridized carbons (Fsp3) is 0.636. The molecule has 4 fully saturated rings. The summed E-state index contributed by atoms with van der Waals surface area (Å²) < 4.78 is 6.10. The highest BCUT2D eigenvalue weighted by molar-refractivity contribution is 9.10. The molecule has 4 aliphatic carbocycles. The van der Waals surface area contributed by atoms with Crippen LogP contribution in [0.2, 0.25) is 0 Å². The van der Waals surface area contributed by atoms with Gasteiger partial charge in [0.1, 0.15) is 5.75 Å². The summed E-state index contributed by atoms with van der Waals surface area (Å²) in [5, 5.41) is 2.65. The van der Waals surface area contributed by atoms with E-state index in [-0.39, 0.29) is 28.1 Å². The van der Waals surface area contributed by atoms with Crippen LogP contribution in [0.3, 0.4) is 0 Å². The summed E-state index contributed by atoms with van der Waals surface area (Å²) in [4.78, 5) is 27.5. The number of anilines is 1. The number of ether oxygens (including phenoxy) is 1. The van der Waals surface area contributed by atoms with E-state index in [0.29, 0.717) is 12.2 Å². The van der Waals surface area contributed by atoms with Gasteiger partial charge in [0, 0.05) is 17.8 Å². The predicted molar refractivity (Wildman–Crippen MR) is 111 cm³/mol. The number of nitrogens with one attached hydrogen (secondary N) is 1. The van der Waals surface area contributed by atoms with Crippen molar-refractivity contribution in [1.82, 2.24) is 5.32 Å². The highest BCUT2D eigenvalue weighted by atomic mass is 79.9. The third-order valence-corrected chi connectivity index (χ3v) is 8.18. The Kier molecular flexibility index (Phi) is 4.27. The van der Waals surface area contributed by atoms with Gasteiger partial charge in [-0.25, -0.2) is 0 Å². The number of alkyl halides is 1. The van der Waals surface area contributed by atoms with Crippen molar-refractivity contribution in [3.8, 4) is 5.75 Å². The van der Waals surface area contributed by atoms with Crippen molar-refractivity contribution in [1.29, 1.82) is 0 Å². The summed E-state index contributed by atoms with van der Waals surface area (Å²) in [6, 6.07) is 7.55. The van der Waals surface area contributed by atoms with Crippen LogP contribution in [-0.2, 0) is 9.59 Å². The smallest absolute Gasteiger partial charge is 0.262 e. The lowest BCUT2D eigenvalue weighted by atomic mass is 9.48. The maximum atomic E-state index is 13.5. The molecule has 1 aromatic rings. The second-order valence-electron chi connectivity index (χ2n) is 9.48. The van der Waals surface area contributed by atoms with Crippen molar-refractivity contribution in [2.75, 3.05) is 18.5 Å². The van der Waals surface area contributed by atoms with Crippen molar-refractivity contribution in [3.05, 3.63) is 24.3 Å². The second kappa shape index (κ2) is 6.48. The second-order valence-corrected chi connectivity index (χ2v) is 11.2. The number of hydrogen-bond donors (Lipinski definition) is 1. The van der Waals surface area contributed by atoms with E-state index in [1.165, 1.54) is 32.1 Å². The number of carbonyl (C=O) groups is 2. The fourth-order valence-electron chi connectivity index (χ4n) is 6.73. The summed E-state index contributed by atoms with van der Waals surface area (Å²) in [6.07, 6.45) is 7.22. The van der Waals surface area contributed by atoms with Crippen LogP contribution < -0.4 is 15.0 Å². The van der Waals surface area contributed by atoms with E-state index in [1.54, 1.807) is 11.9 Å². The number of nitrogens with zero attached hydrogens (tertiary/aromatic N) is 1. The molecule has 150 valence electrons. The molecule has 5 nitrogen and oxygen atoms in total. The number of benzene rings is 1. The third kappa shape index (κ3) is 3.04. The van der Waals surface area contributed by atoms with Crippen LogP contribution >= 0.6 is 15.9 Å². The van der Waals surface area contributed by atoms with E-state index >= 15 is 0 Å². The van der Waals surface area contributed by atoms with Crippen molar-refractivity contribution in [2.45, 2.75) is 55.4 Å². The molecule has 0 aromatic heterocycles. The molecule has 2 amide bonds. The maximum Gasteiger partial charge on any atom is 0.262 e. The summed E-state index contributed by atoms with van der Waals surface area (Å²) in [5.74, 6) is 2.05. The molecule has 28 heavy (non-hydrogen) atoms. The Morgan fingerprint density at radius 2 is 1.93 bits per heavy atom. The van der Waals surface area contributed by atoms with Crippen LogP contribution in [0.1, 0.15) is 44.9 Å². The predicted octanol–water partition coefficient (Wildman–Crippen LogP) is 3.65. The molecule has 4 saturated carbocycles. The Labute approximate surface area is 174 Å². The van der Waals surface area contributed by atoms with Crippen LogP contribution in [0.5, 0.6) is 5.75 Å². The number of fused-ring (bicyclic) bond motifs is 1. The first kappa shape index (κ1) is 18.5. The zero-order valence-corrected chi connectivity index (χ0v) is 17.8. The number of hydrogen-bond acceptors (Lipinski definition) is 3. The van der Waals surface area contributed by atoms with E-state index in [9.17, 15) is 9.59 Å². The van der Waals surface area contributed by atoms with Crippen molar-refractivity contribution in [2.24, 2.45) is 17.3 Å². The normalized spacial score (nSPS) is 37.9. The fourth-order valence-corrected chi connectivity index (χ4v) is 8.24. The van der Waals surface area contributed by atoms with E-state index in [1.807, 2.05) is 24.3 Å². The summed E-state index contributed by atoms with van der Waals surface area (Å²) >= 11 is 4.04. The molecule has 0 spiro atoms. The number of para-hydroxylation sites is 2. The number of carbonyl (C=O) groups excluding carboxylic acids is 2. The largest absolute Gasteiger partial charge is 0.477 e. The van der Waals surface area contributed by atoms with Crippen LogP contribution in [-0.4, -0.2) is 35.8 Å². The Morgan fingerprint density at radius 3 is 2.61 bits per heavy atom. The Morgan fingerprint density at radius 1 is 1.21 bits per heavy atom. The van der Waals surface area contributed by atoms with Crippen molar-refractivity contribution in [3.63, 3.8) is 0 Å². The average molecular weight is 447 g/mol. The topological polar surface area (TPSA) is 58.6 Å². The van der Waals surface area contributed by atoms with Gasteiger partial charge in [0.2, 0.25) is 5.91 Å². The molecule has 6 heteroatoms. The molecule has 1 aromatic carbocycles. The highest BCUT2D eigenvalue weighted by Gasteiger charge is 2.57. The van der Waals surface area contributed by atoms with Gasteiger partial charge in [0.05, 0.1) is 12.2 Å². The van der Waals surface area contributed by atoms with Crippen LogP contribution in [0, 0.1) is 17.3 Å². The molecule has 1 aliphatic heterocycles. The molecule has 4 bridgehead atoms. The van der Waals surface area contributed by atoms with Gasteiger partial charge >= 0.3 is 0 Å². The molecule has 5 aliphatic rings. The SMILES string of the molecule is CNC(=O)[C@H]1CN(C(=O)CC23C[C@H]4C[C@@H](CC(Br)(C4)C2)C3)c2ccccc2O1. The molecule has 1 N–H and O–H groups in total. The van der Waals surface area contributed by atoms with Gasteiger partial charge in [0.25, 0.3) is 5.91 Å². The zero-order valence-electron chi connectivity index (χ0n) is 16.2. The third-order valence-electron chi connectivity index (χ3n) is 7.25. The van der Waals surface area contributed by atoms with Crippen molar-refractivity contribution < 1.29 is 14.3 Å². The van der Waals surface area contributed by atoms with Crippen LogP contribution in [0.4, 0.5) is 5.69 Å². The minimum atomic E-state index is -0.664. The van der Waals surface area contributed by atoms with E-state index in [4.69, 9.17) is 4.74 Å². The Bertz CT molecular complexity index is 812. The van der Waals surface area contributed by atoms with Gasteiger partial charge in [-0.1, -0.05) is 28.1 Å². The van der Waals surface area contributed by atoms with Gasteiger partial charge in [-0.2, -0.15) is 0 Å². The molecule has 0 saturated heterocycles. The first-order valence-corrected chi connectivity index (χ1v) is 11.1. The first-order valence-electron chi connectivity index (χ1n) is 10.4. The van der Waals surface area contributed by atoms with E-state index in [0.717, 1.165) is 23.9 Å². The van der Waals surface area contributed by atoms with Gasteiger partial charge < -0.3 is 15.0 Å².